The fraction of sp³-hybridized carbons (Fsp3) is 0.680. The lowest BCUT2D eigenvalue weighted by molar-refractivity contribution is -0.148. The van der Waals surface area contributed by atoms with Crippen LogP contribution in [0.25, 0.3) is 0 Å². The zero-order valence-corrected chi connectivity index (χ0v) is 44.0. The maximum Gasteiger partial charge on any atom is 0.408 e. The fourth-order valence-electron chi connectivity index (χ4n) is 6.74. The molecule has 0 aliphatic heterocycles. The van der Waals surface area contributed by atoms with E-state index < -0.39 is 92.8 Å². The van der Waals surface area contributed by atoms with Crippen molar-refractivity contribution in [3.63, 3.8) is 0 Å². The van der Waals surface area contributed by atoms with Crippen molar-refractivity contribution >= 4 is 48.3 Å². The lowest BCUT2D eigenvalue weighted by atomic mass is 10.2. The summed E-state index contributed by atoms with van der Waals surface area (Å²) >= 11 is 0. The van der Waals surface area contributed by atoms with Crippen LogP contribution in [-0.4, -0.2) is 118 Å². The Labute approximate surface area is 413 Å². The largest absolute Gasteiger partial charge is 0.479 e. The minimum absolute atomic E-state index is 0.0935. The number of carboxylic acid groups (broad SMARTS) is 1. The van der Waals surface area contributed by atoms with Gasteiger partial charge in [0.15, 0.2) is 0 Å². The molecule has 0 heterocycles. The summed E-state index contributed by atoms with van der Waals surface area (Å²) in [4.78, 5) is 93.2. The smallest absolute Gasteiger partial charge is 0.408 e. The predicted molar refractivity (Wildman–Crippen MR) is 259 cm³/mol. The Bertz CT molecular complexity index is 1790. The highest BCUT2D eigenvalue weighted by molar-refractivity contribution is 5.92. The number of hydrogen-bond donors (Lipinski definition) is 5. The maximum absolute atomic E-state index is 11.9. The van der Waals surface area contributed by atoms with Gasteiger partial charge in [-0.2, -0.15) is 0 Å². The molecule has 0 saturated heterocycles. The van der Waals surface area contributed by atoms with Gasteiger partial charge in [-0.15, -0.1) is 26.3 Å². The Morgan fingerprint density at radius 2 is 0.614 bits per heavy atom. The van der Waals surface area contributed by atoms with Gasteiger partial charge in [0, 0.05) is 23.7 Å². The molecule has 4 fully saturated rings. The van der Waals surface area contributed by atoms with E-state index in [0.29, 0.717) is 25.7 Å². The van der Waals surface area contributed by atoms with Crippen LogP contribution in [0.2, 0.25) is 0 Å². The van der Waals surface area contributed by atoms with Crippen molar-refractivity contribution in [2.75, 3.05) is 19.8 Å². The molecule has 4 aliphatic rings. The van der Waals surface area contributed by atoms with E-state index in [1.54, 1.807) is 122 Å². The van der Waals surface area contributed by atoms with Crippen LogP contribution in [0, 0.1) is 23.7 Å². The second-order valence-corrected chi connectivity index (χ2v) is 21.0. The summed E-state index contributed by atoms with van der Waals surface area (Å²) in [6, 6.07) is 0. The van der Waals surface area contributed by atoms with Crippen LogP contribution >= 0.6 is 0 Å². The molecular formula is C50H80N4O16. The Morgan fingerprint density at radius 3 is 0.757 bits per heavy atom. The topological polar surface area (TPSA) is 270 Å². The van der Waals surface area contributed by atoms with Crippen molar-refractivity contribution in [1.82, 2.24) is 21.3 Å². The Kier molecular flexibility index (Phi) is 21.4. The van der Waals surface area contributed by atoms with Crippen LogP contribution in [0.15, 0.2) is 50.6 Å². The number of amides is 4. The summed E-state index contributed by atoms with van der Waals surface area (Å²) in [7, 11) is 0. The average molecular weight is 993 g/mol. The predicted octanol–water partition coefficient (Wildman–Crippen LogP) is 7.60. The summed E-state index contributed by atoms with van der Waals surface area (Å²) in [6.07, 6.45) is 5.82. The molecule has 0 aromatic rings. The normalized spacial score (nSPS) is 26.6. The monoisotopic (exact) mass is 993 g/mol. The van der Waals surface area contributed by atoms with E-state index in [4.69, 9.17) is 38.3 Å². The highest BCUT2D eigenvalue weighted by Gasteiger charge is 2.64. The standard InChI is InChI=1S/3C13H21NO4.C11H17NO4/c3*1-6-9-8-13(9,10(15)17-7-2)14-11(16)18-12(3,4)5;1-5-7-6-11(7,8(13)14)12-9(15)16-10(2,3)4/h3*6,9H,1,7-8H2,2-5H3,(H,14,16);5,7H,1,6H2,2-4H3,(H,12,15)(H,13,14)/t3*9-,13-;7-,11-/m1100/s1. The molecule has 20 nitrogen and oxygen atoms in total. The Morgan fingerprint density at radius 1 is 0.429 bits per heavy atom. The van der Waals surface area contributed by atoms with E-state index >= 15 is 0 Å². The van der Waals surface area contributed by atoms with E-state index in [-0.39, 0.29) is 43.5 Å². The van der Waals surface area contributed by atoms with Crippen molar-refractivity contribution in [3.05, 3.63) is 50.6 Å². The molecule has 396 valence electrons. The molecule has 70 heavy (non-hydrogen) atoms. The zero-order chi connectivity index (χ0) is 54.5. The van der Waals surface area contributed by atoms with Gasteiger partial charge in [0.2, 0.25) is 0 Å². The first-order valence-electron chi connectivity index (χ1n) is 23.3. The minimum Gasteiger partial charge on any atom is -0.479 e. The molecule has 4 saturated carbocycles. The van der Waals surface area contributed by atoms with Gasteiger partial charge >= 0.3 is 48.3 Å². The molecule has 20 heteroatoms. The minimum atomic E-state index is -1.22. The second-order valence-electron chi connectivity index (χ2n) is 21.0. The quantitative estimate of drug-likeness (QED) is 0.0600. The molecule has 0 aromatic carbocycles. The summed E-state index contributed by atoms with van der Waals surface area (Å²) in [6.45, 7) is 41.5. The van der Waals surface area contributed by atoms with Crippen molar-refractivity contribution < 1.29 is 76.6 Å². The SMILES string of the molecule is C=C[C@@H]1C[C@]1(NC(=O)OC(C)(C)C)C(=O)OCC.C=C[C@@H]1C[C@]1(NC(=O)OC(C)(C)C)C(=O)OCC.C=C[C@H]1C[C@@]1(NC(=O)OC(C)(C)C)C(=O)O.C=C[C@H]1C[C@@]1(NC(=O)OC(C)(C)C)C(=O)OCC. The van der Waals surface area contributed by atoms with Crippen LogP contribution in [0.3, 0.4) is 0 Å². The zero-order valence-electron chi connectivity index (χ0n) is 44.0. The fourth-order valence-corrected chi connectivity index (χ4v) is 6.74. The van der Waals surface area contributed by atoms with Gasteiger partial charge in [-0.1, -0.05) is 24.3 Å². The van der Waals surface area contributed by atoms with Crippen LogP contribution in [-0.2, 0) is 52.3 Å². The van der Waals surface area contributed by atoms with Gasteiger partial charge < -0.3 is 59.5 Å². The lowest BCUT2D eigenvalue weighted by Crippen LogP contribution is -2.47. The highest BCUT2D eigenvalue weighted by atomic mass is 16.6. The third-order valence-electron chi connectivity index (χ3n) is 10.4. The van der Waals surface area contributed by atoms with E-state index in [0.717, 1.165) is 0 Å². The number of hydrogen-bond acceptors (Lipinski definition) is 15. The summed E-state index contributed by atoms with van der Waals surface area (Å²) < 4.78 is 35.4. The van der Waals surface area contributed by atoms with Gasteiger partial charge in [-0.05, 0) is 130 Å². The number of carbonyl (C=O) groups excluding carboxylic acids is 7. The molecular weight excluding hydrogens is 913 g/mol. The first-order chi connectivity index (χ1) is 32.0. The Hall–Kier alpha value is -6.08. The number of carbonyl (C=O) groups is 8. The number of nitrogens with one attached hydrogen (secondary N) is 4. The van der Waals surface area contributed by atoms with Gasteiger partial charge in [-0.25, -0.2) is 38.4 Å². The van der Waals surface area contributed by atoms with E-state index in [1.807, 2.05) is 0 Å². The van der Waals surface area contributed by atoms with Crippen LogP contribution in [0.4, 0.5) is 19.2 Å². The number of esters is 3. The average Bonchev–Trinajstić information content (AvgIpc) is 4.06. The van der Waals surface area contributed by atoms with Crippen molar-refractivity contribution in [2.24, 2.45) is 23.7 Å². The molecule has 8 atom stereocenters. The first kappa shape index (κ1) is 61.9. The van der Waals surface area contributed by atoms with Gasteiger partial charge in [0.25, 0.3) is 0 Å². The van der Waals surface area contributed by atoms with Gasteiger partial charge in [0.05, 0.1) is 19.8 Å². The van der Waals surface area contributed by atoms with Gasteiger partial charge in [-0.3, -0.25) is 0 Å². The molecule has 0 radical (unpaired) electrons. The molecule has 4 rings (SSSR count). The molecule has 4 amide bonds. The van der Waals surface area contributed by atoms with Crippen LogP contribution in [0.5, 0.6) is 0 Å². The van der Waals surface area contributed by atoms with Crippen LogP contribution in [0.1, 0.15) is 130 Å². The third-order valence-corrected chi connectivity index (χ3v) is 10.4. The summed E-state index contributed by atoms with van der Waals surface area (Å²) in [5, 5.41) is 19.2. The maximum atomic E-state index is 11.9. The first-order valence-corrected chi connectivity index (χ1v) is 23.3. The lowest BCUT2D eigenvalue weighted by Gasteiger charge is -2.23. The summed E-state index contributed by atoms with van der Waals surface area (Å²) in [5.74, 6) is -2.85. The van der Waals surface area contributed by atoms with E-state index in [2.05, 4.69) is 47.6 Å². The van der Waals surface area contributed by atoms with Crippen molar-refractivity contribution in [3.8, 4) is 0 Å². The van der Waals surface area contributed by atoms with Crippen molar-refractivity contribution in [2.45, 2.75) is 174 Å². The molecule has 0 unspecified atom stereocenters. The number of ether oxygens (including phenoxy) is 7. The van der Waals surface area contributed by atoms with E-state index in [1.165, 1.54) is 6.08 Å². The van der Waals surface area contributed by atoms with Crippen molar-refractivity contribution in [1.29, 1.82) is 0 Å². The number of rotatable bonds is 15. The number of aliphatic carboxylic acids is 1. The van der Waals surface area contributed by atoms with Crippen LogP contribution < -0.4 is 21.3 Å². The second kappa shape index (κ2) is 24.2. The molecule has 0 spiro atoms. The molecule has 0 aromatic heterocycles. The molecule has 4 aliphatic carbocycles. The third kappa shape index (κ3) is 18.7. The van der Waals surface area contributed by atoms with E-state index in [9.17, 15) is 38.4 Å². The Balaban J connectivity index is 0.000000467. The highest BCUT2D eigenvalue weighted by Crippen LogP contribution is 2.48. The molecule has 5 N–H and O–H groups in total. The number of alkyl carbamates (subject to hydrolysis) is 4. The summed E-state index contributed by atoms with van der Waals surface area (Å²) in [5.41, 5.74) is -6.61. The van der Waals surface area contributed by atoms with Gasteiger partial charge in [0.1, 0.15) is 44.6 Å². The number of carboxylic acids is 1. The molecule has 0 bridgehead atoms.